The number of rotatable bonds is 7. The summed E-state index contributed by atoms with van der Waals surface area (Å²) in [5.41, 5.74) is 2.89. The van der Waals surface area contributed by atoms with Crippen LogP contribution >= 0.6 is 11.6 Å². The van der Waals surface area contributed by atoms with Crippen molar-refractivity contribution in [3.05, 3.63) is 94.6 Å². The fourth-order valence-electron chi connectivity index (χ4n) is 2.76. The molecule has 4 nitrogen and oxygen atoms in total. The average molecular weight is 380 g/mol. The van der Waals surface area contributed by atoms with E-state index in [0.717, 1.165) is 29.4 Å². The Kier molecular flexibility index (Phi) is 6.44. The van der Waals surface area contributed by atoms with Crippen molar-refractivity contribution in [2.24, 2.45) is 0 Å². The Morgan fingerprint density at radius 1 is 1.00 bits per heavy atom. The maximum atomic E-state index is 12.5. The maximum absolute atomic E-state index is 12.5. The zero-order valence-electron chi connectivity index (χ0n) is 15.2. The van der Waals surface area contributed by atoms with Gasteiger partial charge in [0.1, 0.15) is 5.82 Å². The van der Waals surface area contributed by atoms with E-state index in [9.17, 15) is 4.79 Å². The molecular formula is C22H22ClN3O. The number of carbonyl (C=O) groups excluding carboxylic acids is 1. The van der Waals surface area contributed by atoms with Gasteiger partial charge in [-0.2, -0.15) is 0 Å². The zero-order valence-corrected chi connectivity index (χ0v) is 16.0. The molecule has 0 bridgehead atoms. The third kappa shape index (κ3) is 5.56. The molecule has 0 aliphatic carbocycles. The summed E-state index contributed by atoms with van der Waals surface area (Å²) in [6.45, 7) is 1.33. The van der Waals surface area contributed by atoms with Crippen LogP contribution in [0.1, 0.15) is 21.5 Å². The Morgan fingerprint density at radius 3 is 2.41 bits per heavy atom. The van der Waals surface area contributed by atoms with E-state index in [1.807, 2.05) is 60.7 Å². The van der Waals surface area contributed by atoms with E-state index in [0.29, 0.717) is 12.1 Å². The van der Waals surface area contributed by atoms with E-state index in [-0.39, 0.29) is 5.91 Å². The van der Waals surface area contributed by atoms with Crippen LogP contribution in [0, 0.1) is 0 Å². The summed E-state index contributed by atoms with van der Waals surface area (Å²) in [7, 11) is 1.80. The summed E-state index contributed by atoms with van der Waals surface area (Å²) in [4.78, 5) is 18.6. The quantitative estimate of drug-likeness (QED) is 0.649. The molecule has 0 spiro atoms. The number of hydrogen-bond donors (Lipinski definition) is 1. The van der Waals surface area contributed by atoms with Crippen molar-refractivity contribution in [3.8, 4) is 0 Å². The van der Waals surface area contributed by atoms with Gasteiger partial charge < -0.3 is 10.2 Å². The highest BCUT2D eigenvalue weighted by molar-refractivity contribution is 6.30. The van der Waals surface area contributed by atoms with Crippen molar-refractivity contribution in [3.63, 3.8) is 0 Å². The van der Waals surface area contributed by atoms with Gasteiger partial charge in [0.05, 0.1) is 5.56 Å². The van der Waals surface area contributed by atoms with Crippen LogP contribution in [-0.4, -0.2) is 29.4 Å². The Labute approximate surface area is 164 Å². The SMILES string of the molecule is CN(Cc1ccccc1)C(=O)c1ccc(NCCc2ccc(Cl)cc2)nc1. The molecule has 0 aliphatic heterocycles. The molecule has 0 unspecified atom stereocenters. The molecule has 1 aromatic heterocycles. The number of nitrogens with zero attached hydrogens (tertiary/aromatic N) is 2. The number of hydrogen-bond acceptors (Lipinski definition) is 3. The number of nitrogens with one attached hydrogen (secondary N) is 1. The Hall–Kier alpha value is -2.85. The van der Waals surface area contributed by atoms with Crippen molar-refractivity contribution >= 4 is 23.3 Å². The third-order valence-electron chi connectivity index (χ3n) is 4.25. The fourth-order valence-corrected chi connectivity index (χ4v) is 2.89. The molecule has 1 amide bonds. The predicted molar refractivity (Wildman–Crippen MR) is 110 cm³/mol. The lowest BCUT2D eigenvalue weighted by Crippen LogP contribution is -2.26. The highest BCUT2D eigenvalue weighted by atomic mass is 35.5. The first-order chi connectivity index (χ1) is 13.1. The van der Waals surface area contributed by atoms with Gasteiger partial charge in [-0.1, -0.05) is 54.1 Å². The van der Waals surface area contributed by atoms with Gasteiger partial charge in [-0.3, -0.25) is 4.79 Å². The van der Waals surface area contributed by atoms with Crippen molar-refractivity contribution in [2.45, 2.75) is 13.0 Å². The molecular weight excluding hydrogens is 358 g/mol. The molecule has 0 radical (unpaired) electrons. The summed E-state index contributed by atoms with van der Waals surface area (Å²) in [5.74, 6) is 0.713. The molecule has 0 saturated carbocycles. The van der Waals surface area contributed by atoms with Gasteiger partial charge in [0.25, 0.3) is 5.91 Å². The molecule has 27 heavy (non-hydrogen) atoms. The first-order valence-electron chi connectivity index (χ1n) is 8.85. The van der Waals surface area contributed by atoms with Gasteiger partial charge in [0.15, 0.2) is 0 Å². The number of halogens is 1. The predicted octanol–water partition coefficient (Wildman–Crippen LogP) is 4.66. The smallest absolute Gasteiger partial charge is 0.255 e. The summed E-state index contributed by atoms with van der Waals surface area (Å²) in [5, 5.41) is 4.02. The van der Waals surface area contributed by atoms with Crippen LogP contribution in [0.15, 0.2) is 72.9 Å². The molecule has 138 valence electrons. The van der Waals surface area contributed by atoms with Gasteiger partial charge >= 0.3 is 0 Å². The van der Waals surface area contributed by atoms with Gasteiger partial charge in [-0.25, -0.2) is 4.98 Å². The van der Waals surface area contributed by atoms with Crippen LogP contribution in [0.4, 0.5) is 5.82 Å². The minimum atomic E-state index is -0.0425. The number of carbonyl (C=O) groups is 1. The van der Waals surface area contributed by atoms with E-state index in [1.165, 1.54) is 5.56 Å². The van der Waals surface area contributed by atoms with Gasteiger partial charge in [-0.15, -0.1) is 0 Å². The molecule has 1 N–H and O–H groups in total. The zero-order chi connectivity index (χ0) is 19.1. The number of aromatic nitrogens is 1. The van der Waals surface area contributed by atoms with Crippen molar-refractivity contribution in [2.75, 3.05) is 18.9 Å². The molecule has 0 saturated heterocycles. The molecule has 2 aromatic carbocycles. The lowest BCUT2D eigenvalue weighted by atomic mass is 10.1. The number of anilines is 1. The van der Waals surface area contributed by atoms with Crippen molar-refractivity contribution < 1.29 is 4.79 Å². The summed E-state index contributed by atoms with van der Waals surface area (Å²) in [6, 6.07) is 21.4. The first-order valence-corrected chi connectivity index (χ1v) is 9.23. The number of benzene rings is 2. The molecule has 0 fully saturated rings. The second-order valence-electron chi connectivity index (χ2n) is 6.38. The molecule has 5 heteroatoms. The lowest BCUT2D eigenvalue weighted by molar-refractivity contribution is 0.0784. The van der Waals surface area contributed by atoms with E-state index >= 15 is 0 Å². The number of pyridine rings is 1. The fraction of sp³-hybridized carbons (Fsp3) is 0.182. The van der Waals surface area contributed by atoms with Crippen molar-refractivity contribution in [1.82, 2.24) is 9.88 Å². The highest BCUT2D eigenvalue weighted by Crippen LogP contribution is 2.12. The normalized spacial score (nSPS) is 10.4. The number of amides is 1. The van der Waals surface area contributed by atoms with E-state index in [1.54, 1.807) is 24.2 Å². The second kappa shape index (κ2) is 9.19. The molecule has 0 atom stereocenters. The summed E-state index contributed by atoms with van der Waals surface area (Å²) < 4.78 is 0. The van der Waals surface area contributed by atoms with Crippen molar-refractivity contribution in [1.29, 1.82) is 0 Å². The molecule has 3 aromatic rings. The standard InChI is InChI=1S/C22H22ClN3O/c1-26(16-18-5-3-2-4-6-18)22(27)19-9-12-21(25-15-19)24-14-13-17-7-10-20(23)11-8-17/h2-12,15H,13-14,16H2,1H3,(H,24,25). The largest absolute Gasteiger partial charge is 0.370 e. The lowest BCUT2D eigenvalue weighted by Gasteiger charge is -2.17. The van der Waals surface area contributed by atoms with Crippen LogP contribution in [0.3, 0.4) is 0 Å². The van der Waals surface area contributed by atoms with Gasteiger partial charge in [0.2, 0.25) is 0 Å². The van der Waals surface area contributed by atoms with Crippen LogP contribution in [0.25, 0.3) is 0 Å². The van der Waals surface area contributed by atoms with Crippen LogP contribution in [0.2, 0.25) is 5.02 Å². The monoisotopic (exact) mass is 379 g/mol. The molecule has 1 heterocycles. The minimum absolute atomic E-state index is 0.0425. The Morgan fingerprint density at radius 2 is 1.74 bits per heavy atom. The summed E-state index contributed by atoms with van der Waals surface area (Å²) in [6.07, 6.45) is 2.49. The van der Waals surface area contributed by atoms with Crippen LogP contribution in [0.5, 0.6) is 0 Å². The highest BCUT2D eigenvalue weighted by Gasteiger charge is 2.12. The van der Waals surface area contributed by atoms with Crippen LogP contribution in [-0.2, 0) is 13.0 Å². The van der Waals surface area contributed by atoms with E-state index in [2.05, 4.69) is 10.3 Å². The van der Waals surface area contributed by atoms with Crippen LogP contribution < -0.4 is 5.32 Å². The molecule has 0 aliphatic rings. The van der Waals surface area contributed by atoms with E-state index < -0.39 is 0 Å². The van der Waals surface area contributed by atoms with E-state index in [4.69, 9.17) is 11.6 Å². The topological polar surface area (TPSA) is 45.2 Å². The third-order valence-corrected chi connectivity index (χ3v) is 4.50. The Balaban J connectivity index is 1.51. The first kappa shape index (κ1) is 18.9. The second-order valence-corrected chi connectivity index (χ2v) is 6.82. The Bertz CT molecular complexity index is 864. The average Bonchev–Trinajstić information content (AvgIpc) is 2.70. The van der Waals surface area contributed by atoms with Gasteiger partial charge in [0, 0.05) is 31.4 Å². The van der Waals surface area contributed by atoms with Gasteiger partial charge in [-0.05, 0) is 41.8 Å². The maximum Gasteiger partial charge on any atom is 0.255 e. The summed E-state index contributed by atoms with van der Waals surface area (Å²) >= 11 is 5.89. The minimum Gasteiger partial charge on any atom is -0.370 e. The molecule has 3 rings (SSSR count).